The lowest BCUT2D eigenvalue weighted by Crippen LogP contribution is -2.32. The second-order valence-corrected chi connectivity index (χ2v) is 3.37. The number of nitrogens with one attached hydrogen (secondary N) is 2. The standard InChI is InChI=1S/C13H16N2O2/c1-14-13(17)15-10-12-8-3-2-6-11(12)7-4-5-9-16/h2-3,6,8,16H,5,9-10H2,1H3,(H2,14,15,17). The highest BCUT2D eigenvalue weighted by Gasteiger charge is 2.00. The Hall–Kier alpha value is -1.99. The van der Waals surface area contributed by atoms with Crippen LogP contribution in [-0.4, -0.2) is 24.8 Å². The van der Waals surface area contributed by atoms with Crippen molar-refractivity contribution in [2.45, 2.75) is 13.0 Å². The topological polar surface area (TPSA) is 61.4 Å². The van der Waals surface area contributed by atoms with Crippen LogP contribution < -0.4 is 10.6 Å². The largest absolute Gasteiger partial charge is 0.395 e. The predicted molar refractivity (Wildman–Crippen MR) is 66.3 cm³/mol. The molecule has 0 fully saturated rings. The highest BCUT2D eigenvalue weighted by molar-refractivity contribution is 5.73. The van der Waals surface area contributed by atoms with Crippen LogP contribution in [-0.2, 0) is 6.54 Å². The zero-order chi connectivity index (χ0) is 12.5. The zero-order valence-electron chi connectivity index (χ0n) is 9.79. The summed E-state index contributed by atoms with van der Waals surface area (Å²) in [7, 11) is 1.57. The van der Waals surface area contributed by atoms with E-state index >= 15 is 0 Å². The van der Waals surface area contributed by atoms with Gasteiger partial charge in [0.2, 0.25) is 0 Å². The molecule has 0 aromatic heterocycles. The molecule has 3 N–H and O–H groups in total. The number of benzene rings is 1. The predicted octanol–water partition coefficient (Wildman–Crippen LogP) is 0.849. The van der Waals surface area contributed by atoms with Crippen LogP contribution in [0, 0.1) is 11.8 Å². The maximum atomic E-state index is 11.1. The first kappa shape index (κ1) is 13.1. The van der Waals surface area contributed by atoms with E-state index in [1.807, 2.05) is 24.3 Å². The lowest BCUT2D eigenvalue weighted by atomic mass is 10.1. The molecule has 0 atom stereocenters. The number of rotatable bonds is 3. The minimum atomic E-state index is -0.219. The van der Waals surface area contributed by atoms with Gasteiger partial charge in [0.25, 0.3) is 0 Å². The van der Waals surface area contributed by atoms with Crippen molar-refractivity contribution in [1.29, 1.82) is 0 Å². The fourth-order valence-corrected chi connectivity index (χ4v) is 1.27. The van der Waals surface area contributed by atoms with Crippen molar-refractivity contribution >= 4 is 6.03 Å². The zero-order valence-corrected chi connectivity index (χ0v) is 9.79. The SMILES string of the molecule is CNC(=O)NCc1ccccc1C#CCCO. The van der Waals surface area contributed by atoms with Gasteiger partial charge in [0.15, 0.2) is 0 Å². The van der Waals surface area contributed by atoms with Crippen molar-refractivity contribution in [3.05, 3.63) is 35.4 Å². The molecule has 0 aliphatic carbocycles. The molecule has 0 aliphatic heterocycles. The molecule has 0 saturated heterocycles. The summed E-state index contributed by atoms with van der Waals surface area (Å²) >= 11 is 0. The quantitative estimate of drug-likeness (QED) is 0.677. The van der Waals surface area contributed by atoms with Gasteiger partial charge in [-0.1, -0.05) is 30.0 Å². The minimum absolute atomic E-state index is 0.0612. The summed E-state index contributed by atoms with van der Waals surface area (Å²) in [4.78, 5) is 11.1. The molecule has 0 bridgehead atoms. The monoisotopic (exact) mass is 232 g/mol. The third kappa shape index (κ3) is 4.58. The molecule has 0 saturated carbocycles. The third-order valence-corrected chi connectivity index (χ3v) is 2.14. The third-order valence-electron chi connectivity index (χ3n) is 2.14. The van der Waals surface area contributed by atoms with Crippen molar-refractivity contribution in [3.63, 3.8) is 0 Å². The molecule has 0 spiro atoms. The van der Waals surface area contributed by atoms with Gasteiger partial charge in [-0.15, -0.1) is 0 Å². The molecule has 2 amide bonds. The van der Waals surface area contributed by atoms with E-state index in [-0.39, 0.29) is 12.6 Å². The van der Waals surface area contributed by atoms with Crippen molar-refractivity contribution < 1.29 is 9.90 Å². The number of aliphatic hydroxyl groups excluding tert-OH is 1. The van der Waals surface area contributed by atoms with E-state index in [1.165, 1.54) is 0 Å². The van der Waals surface area contributed by atoms with Crippen LogP contribution in [0.25, 0.3) is 0 Å². The van der Waals surface area contributed by atoms with E-state index in [0.29, 0.717) is 13.0 Å². The normalized spacial score (nSPS) is 9.06. The van der Waals surface area contributed by atoms with Crippen molar-refractivity contribution in [3.8, 4) is 11.8 Å². The molecule has 4 nitrogen and oxygen atoms in total. The minimum Gasteiger partial charge on any atom is -0.395 e. The first-order valence-electron chi connectivity index (χ1n) is 5.41. The second-order valence-electron chi connectivity index (χ2n) is 3.37. The maximum Gasteiger partial charge on any atom is 0.314 e. The van der Waals surface area contributed by atoms with Gasteiger partial charge in [-0.2, -0.15) is 0 Å². The molecular formula is C13H16N2O2. The number of hydrogen-bond donors (Lipinski definition) is 3. The van der Waals surface area contributed by atoms with Gasteiger partial charge < -0.3 is 15.7 Å². The van der Waals surface area contributed by atoms with Gasteiger partial charge in [-0.25, -0.2) is 4.79 Å². The number of amides is 2. The number of carbonyl (C=O) groups excluding carboxylic acids is 1. The van der Waals surface area contributed by atoms with E-state index in [9.17, 15) is 4.79 Å². The molecule has 17 heavy (non-hydrogen) atoms. The van der Waals surface area contributed by atoms with Crippen molar-refractivity contribution in [2.24, 2.45) is 0 Å². The fraction of sp³-hybridized carbons (Fsp3) is 0.308. The molecule has 0 heterocycles. The Bertz CT molecular complexity index is 433. The molecule has 4 heteroatoms. The van der Waals surface area contributed by atoms with E-state index in [0.717, 1.165) is 11.1 Å². The average Bonchev–Trinajstić information content (AvgIpc) is 2.37. The summed E-state index contributed by atoms with van der Waals surface area (Å²) in [6, 6.07) is 7.39. The summed E-state index contributed by atoms with van der Waals surface area (Å²) in [5.41, 5.74) is 1.83. The van der Waals surface area contributed by atoms with Gasteiger partial charge in [-0.05, 0) is 11.6 Å². The van der Waals surface area contributed by atoms with Crippen LogP contribution in [0.5, 0.6) is 0 Å². The summed E-state index contributed by atoms with van der Waals surface area (Å²) in [6.07, 6.45) is 0.456. The summed E-state index contributed by atoms with van der Waals surface area (Å²) in [6.45, 7) is 0.495. The van der Waals surface area contributed by atoms with E-state index in [1.54, 1.807) is 7.05 Å². The first-order chi connectivity index (χ1) is 8.27. The first-order valence-corrected chi connectivity index (χ1v) is 5.41. The van der Waals surface area contributed by atoms with Crippen molar-refractivity contribution in [2.75, 3.05) is 13.7 Å². The Morgan fingerprint density at radius 1 is 1.41 bits per heavy atom. The van der Waals surface area contributed by atoms with Crippen LogP contribution in [0.4, 0.5) is 4.79 Å². The van der Waals surface area contributed by atoms with Crippen LogP contribution in [0.3, 0.4) is 0 Å². The smallest absolute Gasteiger partial charge is 0.314 e. The molecule has 1 aromatic rings. The Morgan fingerprint density at radius 2 is 2.18 bits per heavy atom. The molecule has 0 radical (unpaired) electrons. The highest BCUT2D eigenvalue weighted by Crippen LogP contribution is 2.06. The average molecular weight is 232 g/mol. The molecule has 0 aliphatic rings. The molecule has 1 aromatic carbocycles. The van der Waals surface area contributed by atoms with Gasteiger partial charge in [-0.3, -0.25) is 0 Å². The second kappa shape index (κ2) is 7.31. The lowest BCUT2D eigenvalue weighted by Gasteiger charge is -2.06. The number of urea groups is 1. The van der Waals surface area contributed by atoms with Crippen LogP contribution in [0.15, 0.2) is 24.3 Å². The van der Waals surface area contributed by atoms with Gasteiger partial charge >= 0.3 is 6.03 Å². The van der Waals surface area contributed by atoms with Gasteiger partial charge in [0.05, 0.1) is 6.61 Å². The van der Waals surface area contributed by atoms with Crippen LogP contribution in [0.1, 0.15) is 17.5 Å². The van der Waals surface area contributed by atoms with E-state index in [2.05, 4.69) is 22.5 Å². The maximum absolute atomic E-state index is 11.1. The Balaban J connectivity index is 2.71. The number of carbonyl (C=O) groups is 1. The van der Waals surface area contributed by atoms with E-state index in [4.69, 9.17) is 5.11 Å². The number of aliphatic hydroxyl groups is 1. The summed E-state index contributed by atoms with van der Waals surface area (Å²) in [5.74, 6) is 5.84. The number of hydrogen-bond acceptors (Lipinski definition) is 2. The van der Waals surface area contributed by atoms with Crippen LogP contribution >= 0.6 is 0 Å². The van der Waals surface area contributed by atoms with Crippen molar-refractivity contribution in [1.82, 2.24) is 10.6 Å². The fourth-order valence-electron chi connectivity index (χ4n) is 1.27. The highest BCUT2D eigenvalue weighted by atomic mass is 16.2. The Kier molecular flexibility index (Phi) is 5.62. The molecular weight excluding hydrogens is 216 g/mol. The molecule has 1 rings (SSSR count). The molecule has 0 unspecified atom stereocenters. The van der Waals surface area contributed by atoms with Crippen LogP contribution in [0.2, 0.25) is 0 Å². The van der Waals surface area contributed by atoms with Gasteiger partial charge in [0, 0.05) is 25.6 Å². The van der Waals surface area contributed by atoms with Gasteiger partial charge in [0.1, 0.15) is 0 Å². The lowest BCUT2D eigenvalue weighted by molar-refractivity contribution is 0.242. The Labute approximate surface area is 101 Å². The Morgan fingerprint density at radius 3 is 2.88 bits per heavy atom. The summed E-state index contributed by atoms with van der Waals surface area (Å²) < 4.78 is 0. The summed E-state index contributed by atoms with van der Waals surface area (Å²) in [5, 5.41) is 13.9. The van der Waals surface area contributed by atoms with E-state index < -0.39 is 0 Å². The molecule has 90 valence electrons.